The van der Waals surface area contributed by atoms with Crippen LogP contribution in [-0.2, 0) is 9.47 Å². The van der Waals surface area contributed by atoms with E-state index in [9.17, 15) is 4.79 Å². The van der Waals surface area contributed by atoms with Crippen LogP contribution in [0.4, 0.5) is 0 Å². The monoisotopic (exact) mass is 300 g/mol. The fraction of sp³-hybridized carbons (Fsp3) is 0.412. The predicted molar refractivity (Wildman–Crippen MR) is 81.7 cm³/mol. The highest BCUT2D eigenvalue weighted by molar-refractivity contribution is 5.87. The van der Waals surface area contributed by atoms with Gasteiger partial charge in [0.15, 0.2) is 0 Å². The molecule has 1 aromatic carbocycles. The summed E-state index contributed by atoms with van der Waals surface area (Å²) in [5.74, 6) is -0.320. The minimum atomic E-state index is -0.320. The number of ether oxygens (including phenoxy) is 2. The van der Waals surface area contributed by atoms with Gasteiger partial charge in [0, 0.05) is 26.1 Å². The molecule has 1 heterocycles. The Balaban J connectivity index is 1.71. The molecule has 1 aromatic heterocycles. The van der Waals surface area contributed by atoms with Crippen molar-refractivity contribution in [3.63, 3.8) is 0 Å². The van der Waals surface area contributed by atoms with E-state index in [-0.39, 0.29) is 24.2 Å². The van der Waals surface area contributed by atoms with Crippen molar-refractivity contribution in [3.8, 4) is 0 Å². The molecule has 1 aliphatic rings. The Labute approximate surface area is 129 Å². The molecule has 0 saturated heterocycles. The molecule has 1 saturated carbocycles. The van der Waals surface area contributed by atoms with Crippen molar-refractivity contribution in [1.82, 2.24) is 9.78 Å². The zero-order valence-corrected chi connectivity index (χ0v) is 12.8. The van der Waals surface area contributed by atoms with E-state index in [1.54, 1.807) is 24.1 Å². The molecule has 5 heteroatoms. The van der Waals surface area contributed by atoms with Gasteiger partial charge in [0.2, 0.25) is 0 Å². The van der Waals surface area contributed by atoms with Crippen LogP contribution in [0, 0.1) is 0 Å². The van der Waals surface area contributed by atoms with E-state index in [4.69, 9.17) is 9.47 Å². The number of carbonyl (C=O) groups is 1. The van der Waals surface area contributed by atoms with Gasteiger partial charge < -0.3 is 9.47 Å². The fourth-order valence-electron chi connectivity index (χ4n) is 2.68. The van der Waals surface area contributed by atoms with E-state index in [1.807, 2.05) is 37.3 Å². The largest absolute Gasteiger partial charge is 0.457 e. The number of aromatic nitrogens is 2. The van der Waals surface area contributed by atoms with Crippen LogP contribution in [0.1, 0.15) is 41.9 Å². The Morgan fingerprint density at radius 3 is 2.64 bits per heavy atom. The summed E-state index contributed by atoms with van der Waals surface area (Å²) in [7, 11) is 1.68. The molecule has 0 radical (unpaired) electrons. The molecule has 1 atom stereocenters. The minimum absolute atomic E-state index is 0.0214. The van der Waals surface area contributed by atoms with Gasteiger partial charge in [-0.15, -0.1) is 0 Å². The first-order chi connectivity index (χ1) is 10.7. The number of benzene rings is 1. The standard InChI is InChI=1S/C17H20N2O3/c1-12(13-6-4-3-5-7-13)19-16(8-9-18-19)17(20)22-15-10-14(11-15)21-2/h3-9,12,14-15H,10-11H2,1-2H3/t12-,14-,15+/m1/s1. The number of nitrogens with zero attached hydrogens (tertiary/aromatic N) is 2. The van der Waals surface area contributed by atoms with Crippen molar-refractivity contribution < 1.29 is 14.3 Å². The summed E-state index contributed by atoms with van der Waals surface area (Å²) in [6.07, 6.45) is 3.34. The van der Waals surface area contributed by atoms with Crippen molar-refractivity contribution >= 4 is 5.97 Å². The molecule has 0 unspecified atom stereocenters. The lowest BCUT2D eigenvalue weighted by Gasteiger charge is -2.33. The van der Waals surface area contributed by atoms with Crippen LogP contribution in [0.25, 0.3) is 0 Å². The summed E-state index contributed by atoms with van der Waals surface area (Å²) in [5, 5.41) is 4.29. The number of methoxy groups -OCH3 is 1. The van der Waals surface area contributed by atoms with Crippen LogP contribution in [0.15, 0.2) is 42.6 Å². The predicted octanol–water partition coefficient (Wildman–Crippen LogP) is 2.83. The highest BCUT2D eigenvalue weighted by Crippen LogP contribution is 2.27. The number of hydrogen-bond donors (Lipinski definition) is 0. The zero-order valence-electron chi connectivity index (χ0n) is 12.8. The number of esters is 1. The molecule has 116 valence electrons. The molecule has 0 spiro atoms. The zero-order chi connectivity index (χ0) is 15.5. The lowest BCUT2D eigenvalue weighted by atomic mass is 9.92. The van der Waals surface area contributed by atoms with Crippen molar-refractivity contribution in [2.45, 2.75) is 38.0 Å². The van der Waals surface area contributed by atoms with Gasteiger partial charge in [0.25, 0.3) is 0 Å². The van der Waals surface area contributed by atoms with Gasteiger partial charge in [-0.3, -0.25) is 4.68 Å². The molecule has 1 aliphatic carbocycles. The van der Waals surface area contributed by atoms with Crippen LogP contribution in [0.5, 0.6) is 0 Å². The summed E-state index contributed by atoms with van der Waals surface area (Å²) in [4.78, 5) is 12.3. The Hall–Kier alpha value is -2.14. The Bertz CT molecular complexity index is 632. The van der Waals surface area contributed by atoms with Gasteiger partial charge >= 0.3 is 5.97 Å². The number of hydrogen-bond acceptors (Lipinski definition) is 4. The first kappa shape index (κ1) is 14.8. The number of carbonyl (C=O) groups excluding carboxylic acids is 1. The van der Waals surface area contributed by atoms with E-state index >= 15 is 0 Å². The fourth-order valence-corrected chi connectivity index (χ4v) is 2.68. The van der Waals surface area contributed by atoms with Crippen LogP contribution in [-0.4, -0.2) is 35.1 Å². The summed E-state index contributed by atoms with van der Waals surface area (Å²) in [6.45, 7) is 2.02. The van der Waals surface area contributed by atoms with Crippen molar-refractivity contribution in [1.29, 1.82) is 0 Å². The van der Waals surface area contributed by atoms with Crippen molar-refractivity contribution in [2.24, 2.45) is 0 Å². The smallest absolute Gasteiger partial charge is 0.356 e. The minimum Gasteiger partial charge on any atom is -0.457 e. The average Bonchev–Trinajstić information content (AvgIpc) is 3.00. The molecule has 0 bridgehead atoms. The second-order valence-electron chi connectivity index (χ2n) is 5.60. The van der Waals surface area contributed by atoms with Crippen LogP contribution < -0.4 is 0 Å². The van der Waals surface area contributed by atoms with Crippen LogP contribution in [0.2, 0.25) is 0 Å². The third-order valence-corrected chi connectivity index (χ3v) is 4.19. The molecule has 1 fully saturated rings. The van der Waals surface area contributed by atoms with Crippen molar-refractivity contribution in [3.05, 3.63) is 53.9 Å². The summed E-state index contributed by atoms with van der Waals surface area (Å²) >= 11 is 0. The van der Waals surface area contributed by atoms with E-state index in [0.29, 0.717) is 5.69 Å². The maximum atomic E-state index is 12.3. The Kier molecular flexibility index (Phi) is 4.24. The second-order valence-corrected chi connectivity index (χ2v) is 5.60. The number of rotatable bonds is 5. The van der Waals surface area contributed by atoms with Gasteiger partial charge in [-0.2, -0.15) is 5.10 Å². The summed E-state index contributed by atoms with van der Waals surface area (Å²) in [6, 6.07) is 11.7. The Morgan fingerprint density at radius 1 is 1.23 bits per heavy atom. The topological polar surface area (TPSA) is 53.4 Å². The molecule has 0 aliphatic heterocycles. The maximum Gasteiger partial charge on any atom is 0.356 e. The lowest BCUT2D eigenvalue weighted by Crippen LogP contribution is -2.38. The lowest BCUT2D eigenvalue weighted by molar-refractivity contribution is -0.0646. The van der Waals surface area contributed by atoms with E-state index in [2.05, 4.69) is 5.10 Å². The van der Waals surface area contributed by atoms with Gasteiger partial charge in [-0.1, -0.05) is 30.3 Å². The molecule has 2 aromatic rings. The molecule has 3 rings (SSSR count). The van der Waals surface area contributed by atoms with Crippen LogP contribution >= 0.6 is 0 Å². The van der Waals surface area contributed by atoms with E-state index in [0.717, 1.165) is 18.4 Å². The molecular formula is C17H20N2O3. The van der Waals surface area contributed by atoms with Crippen molar-refractivity contribution in [2.75, 3.05) is 7.11 Å². The molecule has 0 amide bonds. The average molecular weight is 300 g/mol. The van der Waals surface area contributed by atoms with Crippen LogP contribution in [0.3, 0.4) is 0 Å². The molecular weight excluding hydrogens is 280 g/mol. The summed E-state index contributed by atoms with van der Waals surface area (Å²) in [5.41, 5.74) is 1.58. The second kappa shape index (κ2) is 6.32. The normalized spacial score (nSPS) is 21.9. The molecule has 5 nitrogen and oxygen atoms in total. The SMILES string of the molecule is CO[C@H]1C[C@@H](OC(=O)c2ccnn2[C@H](C)c2ccccc2)C1. The third-order valence-electron chi connectivity index (χ3n) is 4.19. The third kappa shape index (κ3) is 2.90. The molecule has 22 heavy (non-hydrogen) atoms. The Morgan fingerprint density at radius 2 is 1.95 bits per heavy atom. The highest BCUT2D eigenvalue weighted by Gasteiger charge is 2.33. The first-order valence-electron chi connectivity index (χ1n) is 7.51. The molecule has 0 N–H and O–H groups in total. The maximum absolute atomic E-state index is 12.3. The first-order valence-corrected chi connectivity index (χ1v) is 7.51. The van der Waals surface area contributed by atoms with E-state index in [1.165, 1.54) is 0 Å². The van der Waals surface area contributed by atoms with Gasteiger partial charge in [-0.25, -0.2) is 4.79 Å². The van der Waals surface area contributed by atoms with Gasteiger partial charge in [0.05, 0.1) is 12.1 Å². The van der Waals surface area contributed by atoms with E-state index < -0.39 is 0 Å². The summed E-state index contributed by atoms with van der Waals surface area (Å²) < 4.78 is 12.4. The quantitative estimate of drug-likeness (QED) is 0.797. The van der Waals surface area contributed by atoms with Gasteiger partial charge in [0.1, 0.15) is 11.8 Å². The highest BCUT2D eigenvalue weighted by atomic mass is 16.6. The van der Waals surface area contributed by atoms with Gasteiger partial charge in [-0.05, 0) is 18.6 Å².